The molecule has 0 bridgehead atoms. The van der Waals surface area contributed by atoms with Gasteiger partial charge >= 0.3 is 5.97 Å². The highest BCUT2D eigenvalue weighted by Crippen LogP contribution is 2.34. The van der Waals surface area contributed by atoms with Crippen LogP contribution >= 0.6 is 0 Å². The van der Waals surface area contributed by atoms with Crippen molar-refractivity contribution in [3.63, 3.8) is 0 Å². The maximum atomic E-state index is 12.4. The molecule has 0 saturated heterocycles. The molecular formula is C18H20O3. The normalized spacial score (nSPS) is 12.8. The average Bonchev–Trinajstić information content (AvgIpc) is 2.49. The molecule has 0 spiro atoms. The van der Waals surface area contributed by atoms with Crippen molar-refractivity contribution in [2.24, 2.45) is 5.41 Å². The molecule has 3 nitrogen and oxygen atoms in total. The van der Waals surface area contributed by atoms with Gasteiger partial charge in [-0.05, 0) is 38.5 Å². The molecule has 2 aromatic rings. The zero-order chi connectivity index (χ0) is 15.5. The molecule has 0 aliphatic rings. The Morgan fingerprint density at radius 3 is 2.19 bits per heavy atom. The first-order valence-corrected chi connectivity index (χ1v) is 6.93. The van der Waals surface area contributed by atoms with Gasteiger partial charge in [0.25, 0.3) is 0 Å². The van der Waals surface area contributed by atoms with Gasteiger partial charge in [0.2, 0.25) is 0 Å². The first-order chi connectivity index (χ1) is 9.91. The van der Waals surface area contributed by atoms with Crippen LogP contribution in [0.2, 0.25) is 0 Å². The molecule has 3 heteroatoms. The van der Waals surface area contributed by atoms with Gasteiger partial charge < -0.3 is 9.84 Å². The Bertz CT molecular complexity index is 600. The highest BCUT2D eigenvalue weighted by Gasteiger charge is 2.38. The van der Waals surface area contributed by atoms with Crippen LogP contribution in [0.5, 0.6) is 5.75 Å². The summed E-state index contributed by atoms with van der Waals surface area (Å²) in [5.74, 6) is 0.0293. The molecule has 1 N–H and O–H groups in total. The van der Waals surface area contributed by atoms with E-state index in [1.54, 1.807) is 38.1 Å². The standard InChI is InChI=1S/C18H20O3/c1-13-9-11-15(12-10-13)21-17(20)18(2,3)16(19)14-7-5-4-6-8-14/h4-12,16,19H,1-3H3. The largest absolute Gasteiger partial charge is 0.426 e. The molecule has 0 aliphatic carbocycles. The van der Waals surface area contributed by atoms with E-state index >= 15 is 0 Å². The predicted octanol–water partition coefficient (Wildman–Crippen LogP) is 3.66. The zero-order valence-corrected chi connectivity index (χ0v) is 12.5. The van der Waals surface area contributed by atoms with Gasteiger partial charge in [-0.15, -0.1) is 0 Å². The molecule has 0 saturated carbocycles. The minimum atomic E-state index is -1.04. The molecule has 0 amide bonds. The molecule has 0 fully saturated rings. The lowest BCUT2D eigenvalue weighted by Crippen LogP contribution is -2.35. The lowest BCUT2D eigenvalue weighted by molar-refractivity contribution is -0.150. The number of aryl methyl sites for hydroxylation is 1. The molecule has 1 unspecified atom stereocenters. The summed E-state index contributed by atoms with van der Waals surface area (Å²) < 4.78 is 5.38. The van der Waals surface area contributed by atoms with Crippen molar-refractivity contribution in [3.05, 3.63) is 65.7 Å². The van der Waals surface area contributed by atoms with Crippen LogP contribution in [0.15, 0.2) is 54.6 Å². The summed E-state index contributed by atoms with van der Waals surface area (Å²) >= 11 is 0. The van der Waals surface area contributed by atoms with Crippen LogP contribution in [0.1, 0.15) is 31.1 Å². The fourth-order valence-electron chi connectivity index (χ4n) is 2.01. The summed E-state index contributed by atoms with van der Waals surface area (Å²) in [7, 11) is 0. The number of rotatable bonds is 4. The second kappa shape index (κ2) is 6.10. The molecule has 110 valence electrons. The van der Waals surface area contributed by atoms with Crippen LogP contribution in [0.3, 0.4) is 0 Å². The monoisotopic (exact) mass is 284 g/mol. The third-order valence-corrected chi connectivity index (χ3v) is 3.56. The number of hydrogen-bond donors (Lipinski definition) is 1. The van der Waals surface area contributed by atoms with Crippen LogP contribution in [-0.2, 0) is 4.79 Å². The van der Waals surface area contributed by atoms with Gasteiger partial charge in [0.1, 0.15) is 5.75 Å². The zero-order valence-electron chi connectivity index (χ0n) is 12.5. The van der Waals surface area contributed by atoms with Crippen LogP contribution < -0.4 is 4.74 Å². The second-order valence-corrected chi connectivity index (χ2v) is 5.74. The lowest BCUT2D eigenvalue weighted by atomic mass is 9.82. The van der Waals surface area contributed by atoms with Crippen molar-refractivity contribution in [1.82, 2.24) is 0 Å². The minimum Gasteiger partial charge on any atom is -0.426 e. The summed E-state index contributed by atoms with van der Waals surface area (Å²) in [5.41, 5.74) is 0.758. The lowest BCUT2D eigenvalue weighted by Gasteiger charge is -2.28. The van der Waals surface area contributed by atoms with E-state index in [4.69, 9.17) is 4.74 Å². The van der Waals surface area contributed by atoms with Gasteiger partial charge in [-0.25, -0.2) is 0 Å². The number of carbonyl (C=O) groups is 1. The Morgan fingerprint density at radius 2 is 1.62 bits per heavy atom. The number of esters is 1. The number of ether oxygens (including phenoxy) is 1. The Balaban J connectivity index is 2.14. The van der Waals surface area contributed by atoms with Gasteiger partial charge in [-0.3, -0.25) is 4.79 Å². The van der Waals surface area contributed by atoms with E-state index in [2.05, 4.69) is 0 Å². The molecule has 2 aromatic carbocycles. The van der Waals surface area contributed by atoms with Gasteiger partial charge in [-0.1, -0.05) is 48.0 Å². The van der Waals surface area contributed by atoms with Crippen molar-refractivity contribution in [2.75, 3.05) is 0 Å². The van der Waals surface area contributed by atoms with Gasteiger partial charge in [0.15, 0.2) is 0 Å². The van der Waals surface area contributed by atoms with Crippen LogP contribution in [0.4, 0.5) is 0 Å². The molecule has 0 radical (unpaired) electrons. The van der Waals surface area contributed by atoms with Gasteiger partial charge in [0.05, 0.1) is 11.5 Å². The number of aliphatic hydroxyl groups excluding tert-OH is 1. The summed E-state index contributed by atoms with van der Waals surface area (Å²) in [6.07, 6.45) is -0.920. The fraction of sp³-hybridized carbons (Fsp3) is 0.278. The Labute approximate surface area is 125 Å². The first kappa shape index (κ1) is 15.3. The summed E-state index contributed by atoms with van der Waals surface area (Å²) in [6.45, 7) is 5.33. The van der Waals surface area contributed by atoms with Crippen molar-refractivity contribution >= 4 is 5.97 Å². The Morgan fingerprint density at radius 1 is 1.05 bits per heavy atom. The van der Waals surface area contributed by atoms with Crippen molar-refractivity contribution in [2.45, 2.75) is 26.9 Å². The van der Waals surface area contributed by atoms with E-state index in [1.165, 1.54) is 0 Å². The highest BCUT2D eigenvalue weighted by atomic mass is 16.5. The molecule has 21 heavy (non-hydrogen) atoms. The highest BCUT2D eigenvalue weighted by molar-refractivity contribution is 5.79. The van der Waals surface area contributed by atoms with E-state index in [0.717, 1.165) is 5.56 Å². The minimum absolute atomic E-state index is 0.456. The van der Waals surface area contributed by atoms with Crippen molar-refractivity contribution in [1.29, 1.82) is 0 Å². The summed E-state index contributed by atoms with van der Waals surface area (Å²) in [5, 5.41) is 10.4. The van der Waals surface area contributed by atoms with E-state index in [1.807, 2.05) is 37.3 Å². The van der Waals surface area contributed by atoms with E-state index in [9.17, 15) is 9.90 Å². The van der Waals surface area contributed by atoms with E-state index in [0.29, 0.717) is 11.3 Å². The summed E-state index contributed by atoms with van der Waals surface area (Å²) in [4.78, 5) is 12.4. The molecule has 1 atom stereocenters. The SMILES string of the molecule is Cc1ccc(OC(=O)C(C)(C)C(O)c2ccccc2)cc1. The number of benzene rings is 2. The second-order valence-electron chi connectivity index (χ2n) is 5.74. The molecule has 0 aromatic heterocycles. The smallest absolute Gasteiger partial charge is 0.319 e. The van der Waals surface area contributed by atoms with Gasteiger partial charge in [-0.2, -0.15) is 0 Å². The van der Waals surface area contributed by atoms with E-state index in [-0.39, 0.29) is 0 Å². The predicted molar refractivity (Wildman–Crippen MR) is 82.0 cm³/mol. The molecule has 0 aliphatic heterocycles. The number of aliphatic hydroxyl groups is 1. The first-order valence-electron chi connectivity index (χ1n) is 6.93. The molecule has 2 rings (SSSR count). The maximum Gasteiger partial charge on any atom is 0.319 e. The number of hydrogen-bond acceptors (Lipinski definition) is 3. The Kier molecular flexibility index (Phi) is 4.43. The molecule has 0 heterocycles. The van der Waals surface area contributed by atoms with Crippen molar-refractivity contribution in [3.8, 4) is 5.75 Å². The van der Waals surface area contributed by atoms with Gasteiger partial charge in [0, 0.05) is 0 Å². The third-order valence-electron chi connectivity index (χ3n) is 3.56. The van der Waals surface area contributed by atoms with Crippen LogP contribution in [-0.4, -0.2) is 11.1 Å². The number of carbonyl (C=O) groups excluding carboxylic acids is 1. The maximum absolute atomic E-state index is 12.4. The third kappa shape index (κ3) is 3.50. The topological polar surface area (TPSA) is 46.5 Å². The fourth-order valence-corrected chi connectivity index (χ4v) is 2.01. The average molecular weight is 284 g/mol. The Hall–Kier alpha value is -2.13. The van der Waals surface area contributed by atoms with Crippen LogP contribution in [0.25, 0.3) is 0 Å². The van der Waals surface area contributed by atoms with Crippen molar-refractivity contribution < 1.29 is 14.6 Å². The van der Waals surface area contributed by atoms with E-state index < -0.39 is 17.5 Å². The quantitative estimate of drug-likeness (QED) is 0.688. The molecular weight excluding hydrogens is 264 g/mol. The summed E-state index contributed by atoms with van der Waals surface area (Å²) in [6, 6.07) is 16.4. The van der Waals surface area contributed by atoms with Crippen LogP contribution in [0, 0.1) is 12.3 Å².